The molecule has 4 heteroatoms. The van der Waals surface area contributed by atoms with Gasteiger partial charge in [-0.1, -0.05) is 66.7 Å². The number of alkyl halides is 2. The van der Waals surface area contributed by atoms with Gasteiger partial charge in [-0.2, -0.15) is 0 Å². The quantitative estimate of drug-likeness (QED) is 0.592. The molecule has 3 aromatic carbocycles. The Morgan fingerprint density at radius 3 is 2.12 bits per heavy atom. The number of aliphatic imine (C=N–C) groups is 1. The SMILES string of the molecule is FC(F)C[C@@]1(c2ccccc2)OC(c2ccccc2)=Nc2ccccc21. The van der Waals surface area contributed by atoms with Crippen LogP contribution in [0.2, 0.25) is 0 Å². The van der Waals surface area contributed by atoms with Gasteiger partial charge in [-0.25, -0.2) is 13.8 Å². The smallest absolute Gasteiger partial charge is 0.243 e. The van der Waals surface area contributed by atoms with Gasteiger partial charge in [0.2, 0.25) is 12.3 Å². The molecular formula is C22H17F2NO. The van der Waals surface area contributed by atoms with Gasteiger partial charge in [0.25, 0.3) is 0 Å². The fraction of sp³-hybridized carbons (Fsp3) is 0.136. The van der Waals surface area contributed by atoms with E-state index in [1.807, 2.05) is 84.9 Å². The first-order valence-corrected chi connectivity index (χ1v) is 8.45. The summed E-state index contributed by atoms with van der Waals surface area (Å²) in [7, 11) is 0. The van der Waals surface area contributed by atoms with Crippen LogP contribution in [0, 0.1) is 0 Å². The fourth-order valence-corrected chi connectivity index (χ4v) is 3.38. The lowest BCUT2D eigenvalue weighted by atomic mass is 9.81. The second kappa shape index (κ2) is 6.71. The number of fused-ring (bicyclic) bond motifs is 1. The van der Waals surface area contributed by atoms with E-state index in [0.717, 1.165) is 5.56 Å². The minimum atomic E-state index is -2.53. The van der Waals surface area contributed by atoms with Crippen LogP contribution in [0.3, 0.4) is 0 Å². The molecule has 0 saturated carbocycles. The molecule has 0 radical (unpaired) electrons. The molecule has 130 valence electrons. The largest absolute Gasteiger partial charge is 0.460 e. The average Bonchev–Trinajstić information content (AvgIpc) is 2.69. The summed E-state index contributed by atoms with van der Waals surface area (Å²) in [5, 5.41) is 0. The minimum absolute atomic E-state index is 0.355. The maximum Gasteiger partial charge on any atom is 0.243 e. The predicted octanol–water partition coefficient (Wildman–Crippen LogP) is 5.69. The maximum absolute atomic E-state index is 13.7. The van der Waals surface area contributed by atoms with Crippen molar-refractivity contribution >= 4 is 11.6 Å². The van der Waals surface area contributed by atoms with Crippen molar-refractivity contribution in [1.29, 1.82) is 0 Å². The Morgan fingerprint density at radius 2 is 1.42 bits per heavy atom. The van der Waals surface area contributed by atoms with Crippen molar-refractivity contribution in [3.05, 3.63) is 102 Å². The van der Waals surface area contributed by atoms with Crippen molar-refractivity contribution in [2.24, 2.45) is 4.99 Å². The molecule has 1 atom stereocenters. The Kier molecular flexibility index (Phi) is 4.25. The summed E-state index contributed by atoms with van der Waals surface area (Å²) in [4.78, 5) is 4.59. The minimum Gasteiger partial charge on any atom is -0.460 e. The lowest BCUT2D eigenvalue weighted by Crippen LogP contribution is -2.38. The zero-order chi connectivity index (χ0) is 18.0. The van der Waals surface area contributed by atoms with E-state index in [1.165, 1.54) is 0 Å². The van der Waals surface area contributed by atoms with E-state index in [4.69, 9.17) is 4.74 Å². The van der Waals surface area contributed by atoms with Gasteiger partial charge >= 0.3 is 0 Å². The molecule has 26 heavy (non-hydrogen) atoms. The van der Waals surface area contributed by atoms with Crippen LogP contribution in [0.4, 0.5) is 14.5 Å². The molecule has 0 amide bonds. The highest BCUT2D eigenvalue weighted by Gasteiger charge is 2.44. The lowest BCUT2D eigenvalue weighted by molar-refractivity contribution is 0.0124. The first-order chi connectivity index (χ1) is 12.7. The van der Waals surface area contributed by atoms with E-state index in [9.17, 15) is 8.78 Å². The topological polar surface area (TPSA) is 21.6 Å². The van der Waals surface area contributed by atoms with E-state index in [1.54, 1.807) is 0 Å². The first-order valence-electron chi connectivity index (χ1n) is 8.45. The number of hydrogen-bond acceptors (Lipinski definition) is 2. The molecule has 0 spiro atoms. The number of ether oxygens (including phenoxy) is 1. The van der Waals surface area contributed by atoms with E-state index < -0.39 is 18.4 Å². The summed E-state index contributed by atoms with van der Waals surface area (Å²) in [5.74, 6) is 0.355. The molecule has 1 aliphatic rings. The van der Waals surface area contributed by atoms with Gasteiger partial charge in [0.05, 0.1) is 12.1 Å². The van der Waals surface area contributed by atoms with Crippen LogP contribution in [0.15, 0.2) is 89.9 Å². The van der Waals surface area contributed by atoms with Crippen LogP contribution in [-0.4, -0.2) is 12.3 Å². The van der Waals surface area contributed by atoms with E-state index in [-0.39, 0.29) is 0 Å². The molecule has 0 fully saturated rings. The van der Waals surface area contributed by atoms with Crippen molar-refractivity contribution in [3.63, 3.8) is 0 Å². The van der Waals surface area contributed by atoms with E-state index in [0.29, 0.717) is 22.7 Å². The molecule has 0 bridgehead atoms. The summed E-state index contributed by atoms with van der Waals surface area (Å²) in [6.07, 6.45) is -2.97. The molecule has 0 N–H and O–H groups in total. The summed E-state index contributed by atoms with van der Waals surface area (Å²) < 4.78 is 33.6. The Balaban J connectivity index is 1.95. The third-order valence-corrected chi connectivity index (χ3v) is 4.53. The average molecular weight is 349 g/mol. The fourth-order valence-electron chi connectivity index (χ4n) is 3.38. The van der Waals surface area contributed by atoms with Crippen LogP contribution in [0.5, 0.6) is 0 Å². The molecule has 0 aromatic heterocycles. The Morgan fingerprint density at radius 1 is 0.808 bits per heavy atom. The molecule has 0 unspecified atom stereocenters. The summed E-state index contributed by atoms with van der Waals surface area (Å²) in [6, 6.07) is 25.9. The normalized spacial score (nSPS) is 18.8. The second-order valence-corrected chi connectivity index (χ2v) is 6.19. The second-order valence-electron chi connectivity index (χ2n) is 6.19. The van der Waals surface area contributed by atoms with Crippen LogP contribution in [0.1, 0.15) is 23.1 Å². The number of nitrogens with zero attached hydrogens (tertiary/aromatic N) is 1. The van der Waals surface area contributed by atoms with Crippen LogP contribution in [0.25, 0.3) is 0 Å². The van der Waals surface area contributed by atoms with Gasteiger partial charge in [0, 0.05) is 16.7 Å². The third kappa shape index (κ3) is 2.88. The highest BCUT2D eigenvalue weighted by atomic mass is 19.3. The van der Waals surface area contributed by atoms with Gasteiger partial charge in [-0.3, -0.25) is 0 Å². The van der Waals surface area contributed by atoms with Crippen LogP contribution >= 0.6 is 0 Å². The van der Waals surface area contributed by atoms with Gasteiger partial charge in [0.1, 0.15) is 0 Å². The number of hydrogen-bond donors (Lipinski definition) is 0. The molecule has 2 nitrogen and oxygen atoms in total. The van der Waals surface area contributed by atoms with Gasteiger partial charge < -0.3 is 4.74 Å². The van der Waals surface area contributed by atoms with Crippen molar-refractivity contribution in [1.82, 2.24) is 0 Å². The van der Waals surface area contributed by atoms with Gasteiger partial charge in [0.15, 0.2) is 5.60 Å². The zero-order valence-corrected chi connectivity index (χ0v) is 14.0. The molecular weight excluding hydrogens is 332 g/mol. The van der Waals surface area contributed by atoms with Gasteiger partial charge in [-0.05, 0) is 18.2 Å². The Hall–Kier alpha value is -3.01. The van der Waals surface area contributed by atoms with E-state index >= 15 is 0 Å². The molecule has 4 rings (SSSR count). The van der Waals surface area contributed by atoms with Crippen molar-refractivity contribution in [2.75, 3.05) is 0 Å². The van der Waals surface area contributed by atoms with Crippen LogP contribution in [-0.2, 0) is 10.3 Å². The number of halogens is 2. The molecule has 0 saturated heterocycles. The highest BCUT2D eigenvalue weighted by Crippen LogP contribution is 2.46. The van der Waals surface area contributed by atoms with Crippen molar-refractivity contribution < 1.29 is 13.5 Å². The first kappa shape index (κ1) is 16.5. The monoisotopic (exact) mass is 349 g/mol. The third-order valence-electron chi connectivity index (χ3n) is 4.53. The number of benzene rings is 3. The van der Waals surface area contributed by atoms with Crippen molar-refractivity contribution in [3.8, 4) is 0 Å². The summed E-state index contributed by atoms with van der Waals surface area (Å²) >= 11 is 0. The summed E-state index contributed by atoms with van der Waals surface area (Å²) in [6.45, 7) is 0. The Bertz CT molecular complexity index is 925. The van der Waals surface area contributed by atoms with Gasteiger partial charge in [-0.15, -0.1) is 0 Å². The van der Waals surface area contributed by atoms with E-state index in [2.05, 4.69) is 4.99 Å². The standard InChI is InChI=1S/C22H17F2NO/c23-20(24)15-22(17-11-5-2-6-12-17)18-13-7-8-14-19(18)25-21(26-22)16-9-3-1-4-10-16/h1-14,20H,15H2/t22-/m0/s1. The molecule has 0 aliphatic carbocycles. The summed E-state index contributed by atoms with van der Waals surface area (Å²) in [5.41, 5.74) is 1.49. The molecule has 1 heterocycles. The Labute approximate surface area is 150 Å². The number of para-hydroxylation sites is 1. The number of rotatable bonds is 4. The maximum atomic E-state index is 13.7. The lowest BCUT2D eigenvalue weighted by Gasteiger charge is -2.39. The van der Waals surface area contributed by atoms with Crippen molar-refractivity contribution in [2.45, 2.75) is 18.4 Å². The molecule has 1 aliphatic heterocycles. The molecule has 3 aromatic rings. The predicted molar refractivity (Wildman–Crippen MR) is 98.0 cm³/mol. The highest BCUT2D eigenvalue weighted by molar-refractivity contribution is 5.97. The zero-order valence-electron chi connectivity index (χ0n) is 14.0. The van der Waals surface area contributed by atoms with Crippen LogP contribution < -0.4 is 0 Å².